The minimum absolute atomic E-state index is 0.263. The number of benzene rings is 4. The van der Waals surface area contributed by atoms with Gasteiger partial charge < -0.3 is 0 Å². The van der Waals surface area contributed by atoms with Crippen molar-refractivity contribution < 1.29 is 18.9 Å². The van der Waals surface area contributed by atoms with Crippen LogP contribution in [0.4, 0.5) is 11.4 Å². The van der Waals surface area contributed by atoms with Gasteiger partial charge in [-0.05, 0) is 0 Å². The third kappa shape index (κ3) is 8.72. The quantitative estimate of drug-likeness (QED) is 0.118. The normalized spacial score (nSPS) is 13.8. The summed E-state index contributed by atoms with van der Waals surface area (Å²) in [7, 11) is 12.7. The van der Waals surface area contributed by atoms with Gasteiger partial charge in [0.05, 0.1) is 0 Å². The van der Waals surface area contributed by atoms with Crippen molar-refractivity contribution in [2.75, 3.05) is 13.6 Å². The molecule has 4 radical (unpaired) electrons. The molecule has 4 aromatic rings. The number of nitrogens with zero attached hydrogens (tertiary/aromatic N) is 2. The van der Waals surface area contributed by atoms with Gasteiger partial charge >= 0.3 is 333 Å². The molecule has 272 valence electrons. The van der Waals surface area contributed by atoms with Crippen molar-refractivity contribution in [2.24, 2.45) is 9.98 Å². The number of ether oxygens (including phenoxy) is 4. The second-order valence-electron chi connectivity index (χ2n) is 14.2. The Morgan fingerprint density at radius 1 is 0.519 bits per heavy atom. The molecule has 0 amide bonds. The van der Waals surface area contributed by atoms with E-state index >= 15 is 0 Å². The average Bonchev–Trinajstić information content (AvgIpc) is 3.81. The SMILES string of the molecule is CC(=Nc1c(C(C)C)cccc1C(C)C)c1ccc2c([c]1[Ge][Cl])OCO2.CC(=Nc1c(C(C)C)cccc1C(C)C)c1ccc2c([c]1[Ge][Cl])OCO2. The van der Waals surface area contributed by atoms with Gasteiger partial charge in [0.25, 0.3) is 0 Å². The van der Waals surface area contributed by atoms with Crippen LogP contribution in [0, 0.1) is 0 Å². The van der Waals surface area contributed by atoms with Crippen LogP contribution in [0.5, 0.6) is 23.0 Å². The van der Waals surface area contributed by atoms with E-state index in [4.69, 9.17) is 49.0 Å². The Labute approximate surface area is 331 Å². The molecule has 0 atom stereocenters. The molecular formula is C42H48Cl2Ge2N2O4. The van der Waals surface area contributed by atoms with E-state index in [1.165, 1.54) is 22.3 Å². The van der Waals surface area contributed by atoms with Gasteiger partial charge in [-0.25, -0.2) is 0 Å². The number of halogens is 2. The van der Waals surface area contributed by atoms with Crippen LogP contribution in [-0.4, -0.2) is 54.0 Å². The van der Waals surface area contributed by atoms with Crippen LogP contribution < -0.4 is 27.7 Å². The van der Waals surface area contributed by atoms with E-state index in [0.717, 1.165) is 65.7 Å². The molecule has 0 unspecified atom stereocenters. The Bertz CT molecular complexity index is 1780. The number of para-hydroxylation sites is 2. The van der Waals surface area contributed by atoms with Crippen molar-refractivity contribution in [3.63, 3.8) is 0 Å². The molecule has 0 saturated carbocycles. The second-order valence-corrected chi connectivity index (χ2v) is 19.1. The first kappa shape index (κ1) is 40.3. The topological polar surface area (TPSA) is 61.6 Å². The van der Waals surface area contributed by atoms with E-state index in [1.807, 2.05) is 12.1 Å². The molecule has 2 aliphatic heterocycles. The summed E-state index contributed by atoms with van der Waals surface area (Å²) in [5.74, 6) is 4.83. The summed E-state index contributed by atoms with van der Waals surface area (Å²) >= 11 is -1.65. The van der Waals surface area contributed by atoms with E-state index in [-0.39, 0.29) is 13.6 Å². The maximum absolute atomic E-state index is 6.36. The zero-order valence-electron chi connectivity index (χ0n) is 31.8. The first-order valence-corrected chi connectivity index (χ1v) is 25.4. The van der Waals surface area contributed by atoms with Gasteiger partial charge in [-0.2, -0.15) is 0 Å². The minimum atomic E-state index is -0.824. The van der Waals surface area contributed by atoms with Gasteiger partial charge in [-0.1, -0.05) is 0 Å². The molecule has 10 heteroatoms. The van der Waals surface area contributed by atoms with Crippen LogP contribution in [0.3, 0.4) is 0 Å². The number of hydrogen-bond donors (Lipinski definition) is 0. The van der Waals surface area contributed by atoms with E-state index in [9.17, 15) is 0 Å². The van der Waals surface area contributed by atoms with Crippen LogP contribution in [0.2, 0.25) is 0 Å². The monoisotopic (exact) mass is 862 g/mol. The van der Waals surface area contributed by atoms with Crippen LogP contribution in [0.1, 0.15) is 126 Å². The summed E-state index contributed by atoms with van der Waals surface area (Å²) in [5, 5.41) is 0. The van der Waals surface area contributed by atoms with E-state index in [0.29, 0.717) is 23.7 Å². The van der Waals surface area contributed by atoms with Crippen molar-refractivity contribution in [3.05, 3.63) is 94.0 Å². The zero-order chi connectivity index (χ0) is 37.7. The average molecular weight is 861 g/mol. The molecule has 0 spiro atoms. The molecule has 0 N–H and O–H groups in total. The summed E-state index contributed by atoms with van der Waals surface area (Å²) in [6.07, 6.45) is 0. The van der Waals surface area contributed by atoms with Gasteiger partial charge in [0, 0.05) is 0 Å². The number of hydrogen-bond acceptors (Lipinski definition) is 6. The van der Waals surface area contributed by atoms with Crippen molar-refractivity contribution >= 4 is 80.6 Å². The second kappa shape index (κ2) is 17.9. The van der Waals surface area contributed by atoms with Gasteiger partial charge in [-0.3, -0.25) is 0 Å². The fourth-order valence-corrected chi connectivity index (χ4v) is 11.1. The van der Waals surface area contributed by atoms with Crippen molar-refractivity contribution in [3.8, 4) is 23.0 Å². The van der Waals surface area contributed by atoms with E-state index in [1.54, 1.807) is 0 Å². The molecule has 52 heavy (non-hydrogen) atoms. The van der Waals surface area contributed by atoms with E-state index in [2.05, 4.69) is 118 Å². The third-order valence-corrected chi connectivity index (χ3v) is 14.1. The third-order valence-electron chi connectivity index (χ3n) is 9.29. The first-order valence-electron chi connectivity index (χ1n) is 17.8. The Kier molecular flexibility index (Phi) is 13.9. The van der Waals surface area contributed by atoms with Crippen LogP contribution in [-0.2, 0) is 0 Å². The predicted octanol–water partition coefficient (Wildman–Crippen LogP) is 10.6. The number of fused-ring (bicyclic) bond motifs is 2. The van der Waals surface area contributed by atoms with Crippen molar-refractivity contribution in [1.29, 1.82) is 0 Å². The van der Waals surface area contributed by atoms with Crippen molar-refractivity contribution in [1.82, 2.24) is 0 Å². The molecule has 0 aliphatic carbocycles. The molecule has 0 bridgehead atoms. The predicted molar refractivity (Wildman–Crippen MR) is 221 cm³/mol. The van der Waals surface area contributed by atoms with Gasteiger partial charge in [0.1, 0.15) is 0 Å². The van der Waals surface area contributed by atoms with Crippen LogP contribution in [0.15, 0.2) is 70.6 Å². The van der Waals surface area contributed by atoms with Gasteiger partial charge in [0.15, 0.2) is 0 Å². The summed E-state index contributed by atoms with van der Waals surface area (Å²) in [6, 6.07) is 21.0. The summed E-state index contributed by atoms with van der Waals surface area (Å²) < 4.78 is 24.4. The summed E-state index contributed by atoms with van der Waals surface area (Å²) in [5.41, 5.74) is 11.4. The van der Waals surface area contributed by atoms with Crippen LogP contribution >= 0.6 is 20.0 Å². The Morgan fingerprint density at radius 2 is 0.846 bits per heavy atom. The summed E-state index contributed by atoms with van der Waals surface area (Å²) in [4.78, 5) is 10.2. The molecule has 6 rings (SSSR count). The molecule has 6 nitrogen and oxygen atoms in total. The fourth-order valence-electron chi connectivity index (χ4n) is 6.47. The fraction of sp³-hybridized carbons (Fsp3) is 0.381. The standard InChI is InChI=1S/2C21H24ClGeNO2/c2*1-12(2)15-7-6-8-16(13(3)4)20(15)24-14(5)17-9-10-18-21(19(17)23-22)26-11-25-18/h2*6-10,12-13H,11H2,1-5H3. The molecule has 0 fully saturated rings. The number of rotatable bonds is 10. The van der Waals surface area contributed by atoms with Crippen molar-refractivity contribution in [2.45, 2.75) is 92.9 Å². The molecule has 2 heterocycles. The summed E-state index contributed by atoms with van der Waals surface area (Å²) in [6.45, 7) is 22.3. The molecule has 4 aromatic carbocycles. The van der Waals surface area contributed by atoms with Gasteiger partial charge in [0.2, 0.25) is 0 Å². The Morgan fingerprint density at radius 3 is 1.13 bits per heavy atom. The molecule has 0 aromatic heterocycles. The molecule has 0 saturated heterocycles. The Hall–Kier alpha value is -2.91. The van der Waals surface area contributed by atoms with Crippen LogP contribution in [0.25, 0.3) is 0 Å². The van der Waals surface area contributed by atoms with Gasteiger partial charge in [-0.15, -0.1) is 0 Å². The zero-order valence-corrected chi connectivity index (χ0v) is 37.5. The molecule has 2 aliphatic rings. The number of aliphatic imine (C=N–C) groups is 2. The van der Waals surface area contributed by atoms with E-state index < -0.39 is 29.0 Å². The Balaban J connectivity index is 0.000000201. The maximum atomic E-state index is 6.36. The molecular weight excluding hydrogens is 813 g/mol. The first-order chi connectivity index (χ1) is 24.9.